The van der Waals surface area contributed by atoms with Crippen LogP contribution in [0, 0.1) is 0 Å². The minimum absolute atomic E-state index is 0.0352. The maximum Gasteiger partial charge on any atom is 0.0477 e. The second-order valence-electron chi connectivity index (χ2n) is 4.60. The molecule has 0 aliphatic carbocycles. The molecule has 2 aromatic carbocycles. The van der Waals surface area contributed by atoms with Gasteiger partial charge in [-0.2, -0.15) is 0 Å². The Bertz CT molecular complexity index is 607. The van der Waals surface area contributed by atoms with Crippen LogP contribution in [0.4, 0.5) is 0 Å². The van der Waals surface area contributed by atoms with Crippen LogP contribution in [0.1, 0.15) is 11.6 Å². The second-order valence-corrected chi connectivity index (χ2v) is 4.60. The van der Waals surface area contributed by atoms with Gasteiger partial charge in [0.05, 0.1) is 0 Å². The highest BCUT2D eigenvalue weighted by Gasteiger charge is 2.06. The van der Waals surface area contributed by atoms with Crippen LogP contribution in [-0.4, -0.2) is 4.57 Å². The number of nitrogens with zero attached hydrogens (tertiary/aromatic N) is 1. The maximum absolute atomic E-state index is 6.23. The van der Waals surface area contributed by atoms with Gasteiger partial charge in [-0.1, -0.05) is 54.6 Å². The summed E-state index contributed by atoms with van der Waals surface area (Å²) in [5, 5.41) is 2.52. The van der Waals surface area contributed by atoms with Crippen LogP contribution in [0.15, 0.2) is 67.0 Å². The number of rotatable bonds is 3. The lowest BCUT2D eigenvalue weighted by atomic mass is 10.1. The Morgan fingerprint density at radius 3 is 2.00 bits per heavy atom. The molecule has 0 spiro atoms. The molecule has 1 heterocycles. The van der Waals surface area contributed by atoms with Gasteiger partial charge in [-0.25, -0.2) is 0 Å². The van der Waals surface area contributed by atoms with Crippen molar-refractivity contribution in [2.75, 3.05) is 0 Å². The highest BCUT2D eigenvalue weighted by Crippen LogP contribution is 2.17. The van der Waals surface area contributed by atoms with Gasteiger partial charge in [0.15, 0.2) is 0 Å². The molecule has 0 saturated heterocycles. The summed E-state index contributed by atoms with van der Waals surface area (Å²) >= 11 is 0. The Balaban J connectivity index is 1.84. The fraction of sp³-hybridized carbons (Fsp3) is 0.125. The standard InChI is InChI=1S/C16H16N2/c17-16(13-6-2-1-3-7-13)12-18-10-14-8-4-5-9-15(14)11-18/h1-11,16H,12,17H2/t16-/m0/s1. The van der Waals surface area contributed by atoms with E-state index in [0.717, 1.165) is 6.54 Å². The van der Waals surface area contributed by atoms with Crippen LogP contribution in [0.3, 0.4) is 0 Å². The third-order valence-electron chi connectivity index (χ3n) is 3.24. The van der Waals surface area contributed by atoms with Crippen LogP contribution in [0.2, 0.25) is 0 Å². The number of aromatic nitrogens is 1. The van der Waals surface area contributed by atoms with E-state index in [9.17, 15) is 0 Å². The molecule has 0 radical (unpaired) electrons. The van der Waals surface area contributed by atoms with E-state index in [0.29, 0.717) is 0 Å². The van der Waals surface area contributed by atoms with Crippen molar-refractivity contribution in [2.45, 2.75) is 12.6 Å². The fourth-order valence-corrected chi connectivity index (χ4v) is 2.28. The highest BCUT2D eigenvalue weighted by molar-refractivity contribution is 5.82. The molecule has 1 atom stereocenters. The summed E-state index contributed by atoms with van der Waals surface area (Å²) in [7, 11) is 0. The van der Waals surface area contributed by atoms with E-state index in [1.54, 1.807) is 0 Å². The minimum atomic E-state index is 0.0352. The third-order valence-corrected chi connectivity index (χ3v) is 3.24. The van der Waals surface area contributed by atoms with E-state index in [1.165, 1.54) is 16.3 Å². The number of benzene rings is 2. The summed E-state index contributed by atoms with van der Waals surface area (Å²) in [6, 6.07) is 18.6. The summed E-state index contributed by atoms with van der Waals surface area (Å²) in [6.07, 6.45) is 4.30. The quantitative estimate of drug-likeness (QED) is 0.743. The van der Waals surface area contributed by atoms with Crippen molar-refractivity contribution >= 4 is 10.8 Å². The van der Waals surface area contributed by atoms with E-state index in [2.05, 4.69) is 53.4 Å². The molecule has 2 heteroatoms. The van der Waals surface area contributed by atoms with Crippen LogP contribution in [-0.2, 0) is 6.54 Å². The van der Waals surface area contributed by atoms with Gasteiger partial charge < -0.3 is 10.3 Å². The number of hydrogen-bond acceptors (Lipinski definition) is 1. The summed E-state index contributed by atoms with van der Waals surface area (Å²) in [5.41, 5.74) is 7.40. The van der Waals surface area contributed by atoms with Crippen molar-refractivity contribution in [3.05, 3.63) is 72.6 Å². The molecule has 0 aliphatic rings. The molecule has 0 fully saturated rings. The van der Waals surface area contributed by atoms with Gasteiger partial charge in [0.2, 0.25) is 0 Å². The first-order valence-corrected chi connectivity index (χ1v) is 6.18. The Morgan fingerprint density at radius 1 is 0.833 bits per heavy atom. The first-order valence-electron chi connectivity index (χ1n) is 6.18. The van der Waals surface area contributed by atoms with E-state index in [-0.39, 0.29) is 6.04 Å². The molecule has 2 nitrogen and oxygen atoms in total. The smallest absolute Gasteiger partial charge is 0.0477 e. The zero-order chi connectivity index (χ0) is 12.4. The summed E-state index contributed by atoms with van der Waals surface area (Å²) in [6.45, 7) is 0.804. The van der Waals surface area contributed by atoms with Crippen molar-refractivity contribution in [2.24, 2.45) is 5.73 Å². The molecule has 1 aromatic heterocycles. The number of hydrogen-bond donors (Lipinski definition) is 1. The molecule has 3 aromatic rings. The van der Waals surface area contributed by atoms with Crippen LogP contribution in [0.5, 0.6) is 0 Å². The molecule has 0 bridgehead atoms. The Labute approximate surface area is 107 Å². The van der Waals surface area contributed by atoms with Crippen LogP contribution < -0.4 is 5.73 Å². The molecule has 3 rings (SSSR count). The molecule has 2 N–H and O–H groups in total. The molecule has 90 valence electrons. The normalized spacial score (nSPS) is 12.7. The molecule has 0 aliphatic heterocycles. The number of nitrogens with two attached hydrogens (primary N) is 1. The van der Waals surface area contributed by atoms with E-state index < -0.39 is 0 Å². The van der Waals surface area contributed by atoms with Gasteiger partial charge >= 0.3 is 0 Å². The first-order chi connectivity index (χ1) is 8.83. The van der Waals surface area contributed by atoms with Gasteiger partial charge in [0.25, 0.3) is 0 Å². The fourth-order valence-electron chi connectivity index (χ4n) is 2.28. The van der Waals surface area contributed by atoms with Crippen molar-refractivity contribution in [3.8, 4) is 0 Å². The topological polar surface area (TPSA) is 30.9 Å². The lowest BCUT2D eigenvalue weighted by Crippen LogP contribution is -2.16. The van der Waals surface area contributed by atoms with Crippen LogP contribution in [0.25, 0.3) is 10.8 Å². The van der Waals surface area contributed by atoms with E-state index >= 15 is 0 Å². The SMILES string of the molecule is N[C@@H](Cn1cc2ccccc2c1)c1ccccc1. The zero-order valence-electron chi connectivity index (χ0n) is 10.2. The molecule has 18 heavy (non-hydrogen) atoms. The summed E-state index contributed by atoms with van der Waals surface area (Å²) in [5.74, 6) is 0. The lowest BCUT2D eigenvalue weighted by Gasteiger charge is -2.12. The molecule has 0 saturated carbocycles. The third kappa shape index (κ3) is 2.15. The second kappa shape index (κ2) is 4.67. The molecule has 0 amide bonds. The van der Waals surface area contributed by atoms with E-state index in [1.807, 2.05) is 18.2 Å². The first kappa shape index (κ1) is 11.1. The zero-order valence-corrected chi connectivity index (χ0v) is 10.2. The molecular formula is C16H16N2. The average Bonchev–Trinajstić information content (AvgIpc) is 2.82. The van der Waals surface area contributed by atoms with Gasteiger partial charge in [0, 0.05) is 25.0 Å². The lowest BCUT2D eigenvalue weighted by molar-refractivity contribution is 0.581. The van der Waals surface area contributed by atoms with Gasteiger partial charge in [-0.05, 0) is 16.3 Å². The van der Waals surface area contributed by atoms with Crippen molar-refractivity contribution < 1.29 is 0 Å². The van der Waals surface area contributed by atoms with Gasteiger partial charge in [0.1, 0.15) is 0 Å². The van der Waals surface area contributed by atoms with E-state index in [4.69, 9.17) is 5.73 Å². The van der Waals surface area contributed by atoms with Crippen LogP contribution >= 0.6 is 0 Å². The minimum Gasteiger partial charge on any atom is -0.351 e. The number of fused-ring (bicyclic) bond motifs is 1. The Hall–Kier alpha value is -2.06. The Kier molecular flexibility index (Phi) is 2.87. The highest BCUT2D eigenvalue weighted by atomic mass is 15.0. The Morgan fingerprint density at radius 2 is 1.39 bits per heavy atom. The predicted octanol–water partition coefficient (Wildman–Crippen LogP) is 3.34. The van der Waals surface area contributed by atoms with Crippen molar-refractivity contribution in [1.82, 2.24) is 4.57 Å². The monoisotopic (exact) mass is 236 g/mol. The van der Waals surface area contributed by atoms with Crippen molar-refractivity contribution in [3.63, 3.8) is 0 Å². The van der Waals surface area contributed by atoms with Gasteiger partial charge in [-0.3, -0.25) is 0 Å². The summed E-state index contributed by atoms with van der Waals surface area (Å²) in [4.78, 5) is 0. The summed E-state index contributed by atoms with van der Waals surface area (Å²) < 4.78 is 2.17. The maximum atomic E-state index is 6.23. The molecule has 0 unspecified atom stereocenters. The largest absolute Gasteiger partial charge is 0.351 e. The predicted molar refractivity (Wildman–Crippen MR) is 75.3 cm³/mol. The van der Waals surface area contributed by atoms with Crippen molar-refractivity contribution in [1.29, 1.82) is 0 Å². The average molecular weight is 236 g/mol. The van der Waals surface area contributed by atoms with Gasteiger partial charge in [-0.15, -0.1) is 0 Å². The molecular weight excluding hydrogens is 220 g/mol.